The molecule has 0 unspecified atom stereocenters. The molecule has 4 rings (SSSR count). The van der Waals surface area contributed by atoms with E-state index < -0.39 is 42.5 Å². The number of hydrogen-bond acceptors (Lipinski definition) is 11. The highest BCUT2D eigenvalue weighted by molar-refractivity contribution is 7.51. The lowest BCUT2D eigenvalue weighted by atomic mass is 9.97. The van der Waals surface area contributed by atoms with Crippen molar-refractivity contribution < 1.29 is 32.6 Å². The Hall–Kier alpha value is -2.02. The van der Waals surface area contributed by atoms with Gasteiger partial charge < -0.3 is 19.9 Å². The average molecular weight is 547 g/mol. The number of imidazole rings is 1. The highest BCUT2D eigenvalue weighted by atomic mass is 35.5. The zero-order valence-electron chi connectivity index (χ0n) is 21.1. The van der Waals surface area contributed by atoms with Crippen molar-refractivity contribution in [2.45, 2.75) is 70.9 Å². The van der Waals surface area contributed by atoms with Crippen LogP contribution in [0.1, 0.15) is 47.8 Å². The molecular weight excluding hydrogens is 515 g/mol. The van der Waals surface area contributed by atoms with E-state index in [4.69, 9.17) is 40.6 Å². The van der Waals surface area contributed by atoms with Gasteiger partial charge in [-0.1, -0.05) is 0 Å². The number of hydrogen-bond donors (Lipinski definition) is 2. The van der Waals surface area contributed by atoms with Crippen molar-refractivity contribution in [3.63, 3.8) is 0 Å². The smallest absolute Gasteiger partial charge is 0.406 e. The normalized spacial score (nSPS) is 31.2. The largest absolute Gasteiger partial charge is 0.476 e. The van der Waals surface area contributed by atoms with Gasteiger partial charge in [0.1, 0.15) is 23.7 Å². The Balaban J connectivity index is 1.51. The predicted octanol–water partition coefficient (Wildman–Crippen LogP) is 2.79. The number of halogens is 1. The van der Waals surface area contributed by atoms with Gasteiger partial charge in [-0.2, -0.15) is 9.97 Å². The Labute approximate surface area is 213 Å². The molecule has 0 aliphatic carbocycles. The van der Waals surface area contributed by atoms with Crippen molar-refractivity contribution in [3.05, 3.63) is 6.33 Å². The molecule has 0 bridgehead atoms. The molecule has 13 nitrogen and oxygen atoms in total. The van der Waals surface area contributed by atoms with E-state index in [9.17, 15) is 9.36 Å². The van der Waals surface area contributed by atoms with Gasteiger partial charge in [-0.3, -0.25) is 18.4 Å². The molecule has 2 aliphatic heterocycles. The van der Waals surface area contributed by atoms with Crippen molar-refractivity contribution in [1.82, 2.24) is 24.6 Å². The summed E-state index contributed by atoms with van der Waals surface area (Å²) in [5.74, 6) is -0.112. The van der Waals surface area contributed by atoms with Gasteiger partial charge in [0.15, 0.2) is 17.4 Å². The summed E-state index contributed by atoms with van der Waals surface area (Å²) in [6, 6.07) is -0.507. The van der Waals surface area contributed by atoms with Gasteiger partial charge in [0.2, 0.25) is 11.8 Å². The number of ether oxygens (including phenoxy) is 3. The quantitative estimate of drug-likeness (QED) is 0.297. The number of rotatable bonds is 7. The SMILES string of the molecule is CCOc1nc(N)nc2c1ncn2[C@@H]1O[C@@H]2CO[P@@](=O)(N[C@H](C)COC(=O)C(C)(C)C)O[C@H]2[C@@]1(C)Cl. The van der Waals surface area contributed by atoms with Crippen LogP contribution in [0.15, 0.2) is 6.33 Å². The van der Waals surface area contributed by atoms with Crippen LogP contribution in [0.4, 0.5) is 5.95 Å². The number of carbonyl (C=O) groups is 1. The fraction of sp³-hybridized carbons (Fsp3) is 0.714. The molecule has 0 radical (unpaired) electrons. The first-order chi connectivity index (χ1) is 16.7. The Morgan fingerprint density at radius 3 is 2.83 bits per heavy atom. The molecule has 2 aliphatic rings. The van der Waals surface area contributed by atoms with Crippen LogP contribution in [0.2, 0.25) is 0 Å². The fourth-order valence-electron chi connectivity index (χ4n) is 3.97. The zero-order chi connectivity index (χ0) is 26.5. The lowest BCUT2D eigenvalue weighted by Gasteiger charge is -2.36. The molecule has 2 aromatic rings. The number of carbonyl (C=O) groups excluding carboxylic acids is 1. The van der Waals surface area contributed by atoms with Crippen molar-refractivity contribution >= 4 is 42.4 Å². The van der Waals surface area contributed by atoms with Crippen LogP contribution in [0.25, 0.3) is 11.2 Å². The minimum Gasteiger partial charge on any atom is -0.476 e. The monoisotopic (exact) mass is 546 g/mol. The van der Waals surface area contributed by atoms with Crippen LogP contribution < -0.4 is 15.6 Å². The van der Waals surface area contributed by atoms with Crippen LogP contribution in [-0.2, 0) is 27.9 Å². The number of alkyl halides is 1. The standard InChI is InChI=1S/C21H32ClN6O7P/c1-7-31-16-13-15(25-19(23)26-16)28(10-24-13)17-21(6,22)14-12(34-17)9-33-36(30,35-14)27-11(2)8-32-18(29)20(3,4)5/h10-12,14,17H,7-9H2,1-6H3,(H,27,30)(H2,23,25,26)/t11-,12-,14-,17-,21-,36+/m1/s1. The van der Waals surface area contributed by atoms with Crippen LogP contribution in [-0.4, -0.2) is 68.4 Å². The Bertz CT molecular complexity index is 1190. The van der Waals surface area contributed by atoms with E-state index in [2.05, 4.69) is 20.0 Å². The van der Waals surface area contributed by atoms with Crippen molar-refractivity contribution in [3.8, 4) is 5.88 Å². The molecule has 0 aromatic carbocycles. The van der Waals surface area contributed by atoms with E-state index in [0.29, 0.717) is 17.8 Å². The van der Waals surface area contributed by atoms with E-state index >= 15 is 0 Å². The number of nitrogens with zero attached hydrogens (tertiary/aromatic N) is 4. The molecule has 4 heterocycles. The number of nitrogens with one attached hydrogen (secondary N) is 1. The second kappa shape index (κ2) is 9.70. The summed E-state index contributed by atoms with van der Waals surface area (Å²) in [4.78, 5) is 23.6. The van der Waals surface area contributed by atoms with Gasteiger partial charge >= 0.3 is 13.7 Å². The van der Waals surface area contributed by atoms with E-state index in [0.717, 1.165) is 0 Å². The number of aromatic nitrogens is 4. The van der Waals surface area contributed by atoms with E-state index in [1.54, 1.807) is 39.2 Å². The number of nitrogens with two attached hydrogens (primary N) is 1. The highest BCUT2D eigenvalue weighted by Gasteiger charge is 2.60. The predicted molar refractivity (Wildman–Crippen MR) is 131 cm³/mol. The van der Waals surface area contributed by atoms with E-state index in [1.807, 2.05) is 6.92 Å². The zero-order valence-corrected chi connectivity index (χ0v) is 22.7. The molecule has 200 valence electrons. The fourth-order valence-corrected chi connectivity index (χ4v) is 6.18. The molecule has 2 fully saturated rings. The van der Waals surface area contributed by atoms with Gasteiger partial charge in [0, 0.05) is 6.04 Å². The second-order valence-corrected chi connectivity index (χ2v) is 12.6. The molecule has 0 spiro atoms. The third-order valence-electron chi connectivity index (χ3n) is 5.74. The highest BCUT2D eigenvalue weighted by Crippen LogP contribution is 2.57. The minimum absolute atomic E-state index is 0.00817. The first-order valence-corrected chi connectivity index (χ1v) is 13.5. The minimum atomic E-state index is -3.79. The van der Waals surface area contributed by atoms with Gasteiger partial charge in [-0.15, -0.1) is 11.6 Å². The van der Waals surface area contributed by atoms with Gasteiger partial charge in [0.05, 0.1) is 25.0 Å². The molecule has 36 heavy (non-hydrogen) atoms. The summed E-state index contributed by atoms with van der Waals surface area (Å²) < 4.78 is 43.5. The van der Waals surface area contributed by atoms with Crippen LogP contribution in [0.3, 0.4) is 0 Å². The van der Waals surface area contributed by atoms with E-state index in [1.165, 1.54) is 6.33 Å². The number of nitrogen functional groups attached to an aromatic ring is 1. The summed E-state index contributed by atoms with van der Waals surface area (Å²) in [5.41, 5.74) is 6.00. The lowest BCUT2D eigenvalue weighted by Crippen LogP contribution is -2.46. The van der Waals surface area contributed by atoms with Crippen LogP contribution in [0.5, 0.6) is 5.88 Å². The molecule has 3 N–H and O–H groups in total. The first-order valence-electron chi connectivity index (χ1n) is 11.6. The van der Waals surface area contributed by atoms with Crippen molar-refractivity contribution in [2.75, 3.05) is 25.6 Å². The van der Waals surface area contributed by atoms with Crippen molar-refractivity contribution in [1.29, 1.82) is 0 Å². The van der Waals surface area contributed by atoms with Crippen molar-refractivity contribution in [2.24, 2.45) is 5.41 Å². The summed E-state index contributed by atoms with van der Waals surface area (Å²) in [7, 11) is -3.79. The Morgan fingerprint density at radius 2 is 2.17 bits per heavy atom. The molecule has 0 amide bonds. The molecule has 2 saturated heterocycles. The molecule has 2 aromatic heterocycles. The van der Waals surface area contributed by atoms with Crippen LogP contribution in [0, 0.1) is 5.41 Å². The second-order valence-electron chi connectivity index (χ2n) is 10.0. The van der Waals surface area contributed by atoms with E-state index in [-0.39, 0.29) is 31.0 Å². The maximum Gasteiger partial charge on any atom is 0.406 e. The molecule has 0 saturated carbocycles. The maximum atomic E-state index is 13.4. The summed E-state index contributed by atoms with van der Waals surface area (Å²) in [5, 5.41) is 2.81. The van der Waals surface area contributed by atoms with Gasteiger partial charge in [0.25, 0.3) is 0 Å². The summed E-state index contributed by atoms with van der Waals surface area (Å²) in [6.45, 7) is 10.8. The number of fused-ring (bicyclic) bond motifs is 2. The number of anilines is 1. The third-order valence-corrected chi connectivity index (χ3v) is 7.89. The first kappa shape index (κ1) is 27.0. The number of esters is 1. The Kier molecular flexibility index (Phi) is 7.28. The van der Waals surface area contributed by atoms with Crippen LogP contribution >= 0.6 is 19.3 Å². The van der Waals surface area contributed by atoms with Gasteiger partial charge in [-0.25, -0.2) is 14.6 Å². The summed E-state index contributed by atoms with van der Waals surface area (Å²) in [6.07, 6.45) is -0.709. The lowest BCUT2D eigenvalue weighted by molar-refractivity contribution is -0.153. The Morgan fingerprint density at radius 1 is 1.44 bits per heavy atom. The van der Waals surface area contributed by atoms with Gasteiger partial charge in [-0.05, 0) is 41.5 Å². The summed E-state index contributed by atoms with van der Waals surface area (Å²) >= 11 is 6.98. The maximum absolute atomic E-state index is 13.4. The molecule has 6 atom stereocenters. The third kappa shape index (κ3) is 5.18. The molecular formula is C21H32ClN6O7P. The average Bonchev–Trinajstić information content (AvgIpc) is 3.29. The molecule has 15 heteroatoms. The topological polar surface area (TPSA) is 162 Å².